The Labute approximate surface area is 81.6 Å². The van der Waals surface area contributed by atoms with Gasteiger partial charge >= 0.3 is 5.97 Å². The Morgan fingerprint density at radius 3 is 2.43 bits per heavy atom. The lowest BCUT2D eigenvalue weighted by Crippen LogP contribution is -2.20. The van der Waals surface area contributed by atoms with E-state index in [0.717, 1.165) is 6.20 Å². The number of carboxylic acids is 1. The first kappa shape index (κ1) is 10.6. The number of halogens is 1. The van der Waals surface area contributed by atoms with E-state index in [1.54, 1.807) is 20.8 Å². The SMILES string of the molecule is CC(C)(C)c1c(C(=O)O)ccnc1F. The van der Waals surface area contributed by atoms with Gasteiger partial charge in [0.25, 0.3) is 0 Å². The summed E-state index contributed by atoms with van der Waals surface area (Å²) in [5.41, 5.74) is -0.441. The average molecular weight is 197 g/mol. The molecule has 0 aliphatic heterocycles. The zero-order valence-corrected chi connectivity index (χ0v) is 8.34. The van der Waals surface area contributed by atoms with E-state index in [1.807, 2.05) is 0 Å². The van der Waals surface area contributed by atoms with Crippen molar-refractivity contribution < 1.29 is 14.3 Å². The van der Waals surface area contributed by atoms with E-state index in [-0.39, 0.29) is 11.1 Å². The van der Waals surface area contributed by atoms with Crippen LogP contribution in [-0.2, 0) is 5.41 Å². The Kier molecular flexibility index (Phi) is 2.55. The number of carbonyl (C=O) groups is 1. The van der Waals surface area contributed by atoms with Crippen molar-refractivity contribution in [2.24, 2.45) is 0 Å². The second-order valence-electron chi connectivity index (χ2n) is 4.08. The van der Waals surface area contributed by atoms with Gasteiger partial charge in [0.15, 0.2) is 0 Å². The second-order valence-corrected chi connectivity index (χ2v) is 4.08. The van der Waals surface area contributed by atoms with Gasteiger partial charge in [-0.05, 0) is 11.5 Å². The number of rotatable bonds is 1. The highest BCUT2D eigenvalue weighted by Crippen LogP contribution is 2.27. The number of hydrogen-bond donors (Lipinski definition) is 1. The number of hydrogen-bond acceptors (Lipinski definition) is 2. The van der Waals surface area contributed by atoms with E-state index in [2.05, 4.69) is 4.98 Å². The largest absolute Gasteiger partial charge is 0.478 e. The van der Waals surface area contributed by atoms with Gasteiger partial charge in [0.05, 0.1) is 5.56 Å². The summed E-state index contributed by atoms with van der Waals surface area (Å²) in [7, 11) is 0. The molecule has 0 aliphatic rings. The van der Waals surface area contributed by atoms with E-state index >= 15 is 0 Å². The maximum Gasteiger partial charge on any atom is 0.336 e. The maximum absolute atomic E-state index is 13.3. The van der Waals surface area contributed by atoms with Crippen molar-refractivity contribution in [2.75, 3.05) is 0 Å². The summed E-state index contributed by atoms with van der Waals surface area (Å²) in [5.74, 6) is -1.84. The maximum atomic E-state index is 13.3. The smallest absolute Gasteiger partial charge is 0.336 e. The number of pyridine rings is 1. The summed E-state index contributed by atoms with van der Waals surface area (Å²) in [5, 5.41) is 8.86. The highest BCUT2D eigenvalue weighted by atomic mass is 19.1. The second kappa shape index (κ2) is 3.36. The molecule has 0 aromatic carbocycles. The zero-order chi connectivity index (χ0) is 10.9. The van der Waals surface area contributed by atoms with E-state index in [0.29, 0.717) is 0 Å². The van der Waals surface area contributed by atoms with E-state index in [4.69, 9.17) is 5.11 Å². The molecule has 0 spiro atoms. The standard InChI is InChI=1S/C10H12FNO2/c1-10(2,3)7-6(9(13)14)4-5-12-8(7)11/h4-5H,1-3H3,(H,13,14). The molecule has 1 rings (SSSR count). The molecule has 76 valence electrons. The van der Waals surface area contributed by atoms with Crippen LogP contribution in [0, 0.1) is 5.95 Å². The van der Waals surface area contributed by atoms with Gasteiger partial charge in [-0.25, -0.2) is 9.78 Å². The molecule has 0 saturated carbocycles. The van der Waals surface area contributed by atoms with Crippen LogP contribution in [0.2, 0.25) is 0 Å². The third-order valence-electron chi connectivity index (χ3n) is 1.89. The van der Waals surface area contributed by atoms with Crippen molar-refractivity contribution in [3.8, 4) is 0 Å². The first-order chi connectivity index (χ1) is 6.34. The van der Waals surface area contributed by atoms with Gasteiger partial charge in [0, 0.05) is 11.8 Å². The molecule has 1 aromatic heterocycles. The molecule has 0 unspecified atom stereocenters. The summed E-state index contributed by atoms with van der Waals surface area (Å²) in [4.78, 5) is 14.3. The van der Waals surface area contributed by atoms with Gasteiger partial charge in [0.2, 0.25) is 5.95 Å². The van der Waals surface area contributed by atoms with Crippen LogP contribution in [0.5, 0.6) is 0 Å². The van der Waals surface area contributed by atoms with Gasteiger partial charge in [-0.15, -0.1) is 0 Å². The molecule has 4 heteroatoms. The Bertz CT molecular complexity index is 369. The summed E-state index contributed by atoms with van der Waals surface area (Å²) in [6, 6.07) is 1.31. The van der Waals surface area contributed by atoms with Gasteiger partial charge in [-0.1, -0.05) is 20.8 Å². The predicted octanol–water partition coefficient (Wildman–Crippen LogP) is 2.22. The number of nitrogens with zero attached hydrogens (tertiary/aromatic N) is 1. The Morgan fingerprint density at radius 1 is 1.50 bits per heavy atom. The molecule has 1 aromatic rings. The van der Waals surface area contributed by atoms with Crippen LogP contribution in [0.3, 0.4) is 0 Å². The molecule has 0 saturated heterocycles. The fraction of sp³-hybridized carbons (Fsp3) is 0.400. The summed E-state index contributed by atoms with van der Waals surface area (Å²) >= 11 is 0. The first-order valence-electron chi connectivity index (χ1n) is 4.22. The molecule has 14 heavy (non-hydrogen) atoms. The lowest BCUT2D eigenvalue weighted by Gasteiger charge is -2.20. The number of aromatic carboxylic acids is 1. The molecule has 0 radical (unpaired) electrons. The van der Waals surface area contributed by atoms with Crippen LogP contribution < -0.4 is 0 Å². The van der Waals surface area contributed by atoms with Gasteiger partial charge in [0.1, 0.15) is 0 Å². The van der Waals surface area contributed by atoms with Crippen molar-refractivity contribution in [3.05, 3.63) is 29.3 Å². The van der Waals surface area contributed by atoms with E-state index in [1.165, 1.54) is 6.07 Å². The van der Waals surface area contributed by atoms with Crippen molar-refractivity contribution in [2.45, 2.75) is 26.2 Å². The van der Waals surface area contributed by atoms with Gasteiger partial charge < -0.3 is 5.11 Å². The van der Waals surface area contributed by atoms with Crippen molar-refractivity contribution in [1.82, 2.24) is 4.98 Å². The van der Waals surface area contributed by atoms with E-state index in [9.17, 15) is 9.18 Å². The highest BCUT2D eigenvalue weighted by molar-refractivity contribution is 5.89. The number of carboxylic acid groups (broad SMARTS) is 1. The predicted molar refractivity (Wildman–Crippen MR) is 49.9 cm³/mol. The van der Waals surface area contributed by atoms with Gasteiger partial charge in [-0.3, -0.25) is 0 Å². The lowest BCUT2D eigenvalue weighted by atomic mass is 9.85. The quantitative estimate of drug-likeness (QED) is 0.702. The molecular weight excluding hydrogens is 185 g/mol. The van der Waals surface area contributed by atoms with E-state index < -0.39 is 17.3 Å². The summed E-state index contributed by atoms with van der Waals surface area (Å²) in [6.45, 7) is 5.25. The fourth-order valence-corrected chi connectivity index (χ4v) is 1.33. The minimum Gasteiger partial charge on any atom is -0.478 e. The molecule has 0 fully saturated rings. The molecule has 0 bridgehead atoms. The van der Waals surface area contributed by atoms with Crippen LogP contribution >= 0.6 is 0 Å². The third-order valence-corrected chi connectivity index (χ3v) is 1.89. The molecule has 1 N–H and O–H groups in total. The molecule has 1 heterocycles. The molecular formula is C10H12FNO2. The summed E-state index contributed by atoms with van der Waals surface area (Å²) < 4.78 is 13.3. The van der Waals surface area contributed by atoms with Crippen LogP contribution in [0.1, 0.15) is 36.7 Å². The Morgan fingerprint density at radius 2 is 2.07 bits per heavy atom. The van der Waals surface area contributed by atoms with Crippen molar-refractivity contribution in [1.29, 1.82) is 0 Å². The Hall–Kier alpha value is -1.45. The van der Waals surface area contributed by atoms with Crippen LogP contribution in [0.25, 0.3) is 0 Å². The third kappa shape index (κ3) is 1.89. The van der Waals surface area contributed by atoms with Crippen molar-refractivity contribution in [3.63, 3.8) is 0 Å². The van der Waals surface area contributed by atoms with Crippen LogP contribution in [0.4, 0.5) is 4.39 Å². The topological polar surface area (TPSA) is 50.2 Å². The van der Waals surface area contributed by atoms with Crippen molar-refractivity contribution >= 4 is 5.97 Å². The fourth-order valence-electron chi connectivity index (χ4n) is 1.33. The summed E-state index contributed by atoms with van der Waals surface area (Å²) in [6.07, 6.45) is 1.16. The highest BCUT2D eigenvalue weighted by Gasteiger charge is 2.25. The molecule has 0 atom stereocenters. The molecule has 3 nitrogen and oxygen atoms in total. The normalized spacial score (nSPS) is 11.4. The zero-order valence-electron chi connectivity index (χ0n) is 8.34. The lowest BCUT2D eigenvalue weighted by molar-refractivity contribution is 0.0693. The molecule has 0 aliphatic carbocycles. The average Bonchev–Trinajstić information content (AvgIpc) is 2.01. The monoisotopic (exact) mass is 197 g/mol. The minimum absolute atomic E-state index is 0.0231. The number of aromatic nitrogens is 1. The van der Waals surface area contributed by atoms with Gasteiger partial charge in [-0.2, -0.15) is 4.39 Å². The minimum atomic E-state index is -1.13. The molecule has 0 amide bonds. The van der Waals surface area contributed by atoms with Crippen LogP contribution in [-0.4, -0.2) is 16.1 Å². The Balaban J connectivity index is 3.45. The van der Waals surface area contributed by atoms with Crippen LogP contribution in [0.15, 0.2) is 12.3 Å². The first-order valence-corrected chi connectivity index (χ1v) is 4.22.